The zero-order valence-corrected chi connectivity index (χ0v) is 14.8. The number of aromatic nitrogens is 2. The molecule has 0 saturated carbocycles. The van der Waals surface area contributed by atoms with Gasteiger partial charge in [0.15, 0.2) is 0 Å². The average Bonchev–Trinajstić information content (AvgIpc) is 3.14. The van der Waals surface area contributed by atoms with E-state index in [1.807, 2.05) is 6.92 Å². The van der Waals surface area contributed by atoms with Crippen LogP contribution in [-0.2, 0) is 14.3 Å². The van der Waals surface area contributed by atoms with Crippen molar-refractivity contribution in [3.8, 4) is 0 Å². The molecule has 146 valence electrons. The van der Waals surface area contributed by atoms with Gasteiger partial charge in [0.05, 0.1) is 37.6 Å². The van der Waals surface area contributed by atoms with Gasteiger partial charge in [-0.2, -0.15) is 4.48 Å². The molecule has 0 aliphatic carbocycles. The summed E-state index contributed by atoms with van der Waals surface area (Å²) < 4.78 is 5.69. The van der Waals surface area contributed by atoms with Crippen molar-refractivity contribution in [3.63, 3.8) is 0 Å². The Morgan fingerprint density at radius 1 is 1.26 bits per heavy atom. The second-order valence-corrected chi connectivity index (χ2v) is 6.69. The molecule has 3 N–H and O–H groups in total. The van der Waals surface area contributed by atoms with E-state index in [1.54, 1.807) is 0 Å². The van der Waals surface area contributed by atoms with Crippen molar-refractivity contribution < 1.29 is 24.5 Å². The molecule has 10 nitrogen and oxygen atoms in total. The number of hydrogen-bond donors (Lipinski definition) is 3. The molecular formula is C17H22N3O7+. The van der Waals surface area contributed by atoms with Crippen molar-refractivity contribution in [1.29, 1.82) is 0 Å². The van der Waals surface area contributed by atoms with E-state index in [0.717, 1.165) is 22.9 Å². The Hall–Kier alpha value is -2.40. The summed E-state index contributed by atoms with van der Waals surface area (Å²) in [5.41, 5.74) is -1.79. The first-order chi connectivity index (χ1) is 12.8. The highest BCUT2D eigenvalue weighted by Crippen LogP contribution is 2.30. The Labute approximate surface area is 153 Å². The molecular weight excluding hydrogens is 358 g/mol. The number of aliphatic hydroxyl groups is 2. The van der Waals surface area contributed by atoms with Gasteiger partial charge in [-0.15, -0.1) is 0 Å². The molecule has 0 spiro atoms. The molecule has 0 radical (unpaired) electrons. The predicted octanol–water partition coefficient (Wildman–Crippen LogP) is -1.09. The standard InChI is InChI=1S/C17H21N3O7/c1-2-3-6-20(14(23)4-5-15(20)24)10-8-19(17(26)18-16(10)25)13-7-11(22)12(9-21)27-13/h4-5,8,11-13,21-22H,2-3,6-7,9H2,1H3/p+1/t11-,12+,13+/m0/s1. The van der Waals surface area contributed by atoms with E-state index in [4.69, 9.17) is 4.74 Å². The number of carbonyl (C=O) groups excluding carboxylic acids is 2. The third-order valence-corrected chi connectivity index (χ3v) is 5.02. The van der Waals surface area contributed by atoms with Gasteiger partial charge in [0, 0.05) is 6.42 Å². The minimum Gasteiger partial charge on any atom is -0.394 e. The van der Waals surface area contributed by atoms with E-state index in [1.165, 1.54) is 0 Å². The Morgan fingerprint density at radius 3 is 2.48 bits per heavy atom. The zero-order valence-electron chi connectivity index (χ0n) is 14.8. The Bertz CT molecular complexity index is 883. The number of nitrogens with one attached hydrogen (secondary N) is 1. The van der Waals surface area contributed by atoms with Gasteiger partial charge < -0.3 is 14.9 Å². The lowest BCUT2D eigenvalue weighted by Crippen LogP contribution is -2.58. The Balaban J connectivity index is 2.11. The Morgan fingerprint density at radius 2 is 1.93 bits per heavy atom. The largest absolute Gasteiger partial charge is 0.394 e. The summed E-state index contributed by atoms with van der Waals surface area (Å²) in [7, 11) is 0. The Kier molecular flexibility index (Phi) is 5.24. The molecule has 0 unspecified atom stereocenters. The molecule has 2 aliphatic heterocycles. The molecule has 1 aromatic heterocycles. The fourth-order valence-corrected chi connectivity index (χ4v) is 3.49. The first kappa shape index (κ1) is 19.4. The second kappa shape index (κ2) is 7.31. The highest BCUT2D eigenvalue weighted by molar-refractivity contribution is 6.22. The van der Waals surface area contributed by atoms with Crippen LogP contribution in [0.15, 0.2) is 27.9 Å². The third-order valence-electron chi connectivity index (χ3n) is 5.02. The maximum Gasteiger partial charge on any atom is 0.351 e. The molecule has 2 amide bonds. The number of unbranched alkanes of at least 4 members (excludes halogenated alkanes) is 1. The number of quaternary nitrogens is 1. The fourth-order valence-electron chi connectivity index (χ4n) is 3.49. The topological polar surface area (TPSA) is 139 Å². The number of ether oxygens (including phenoxy) is 1. The van der Waals surface area contributed by atoms with Gasteiger partial charge in [0.1, 0.15) is 12.3 Å². The lowest BCUT2D eigenvalue weighted by molar-refractivity contribution is -0.136. The van der Waals surface area contributed by atoms with Gasteiger partial charge in [0.25, 0.3) is 0 Å². The molecule has 3 atom stereocenters. The highest BCUT2D eigenvalue weighted by atomic mass is 16.5. The van der Waals surface area contributed by atoms with E-state index in [-0.39, 0.29) is 18.7 Å². The van der Waals surface area contributed by atoms with Crippen LogP contribution in [0.5, 0.6) is 0 Å². The molecule has 0 aromatic carbocycles. The van der Waals surface area contributed by atoms with Gasteiger partial charge >= 0.3 is 23.1 Å². The molecule has 1 fully saturated rings. The number of aliphatic hydroxyl groups excluding tert-OH is 2. The maximum atomic E-state index is 12.6. The summed E-state index contributed by atoms with van der Waals surface area (Å²) in [5, 5.41) is 19.1. The van der Waals surface area contributed by atoms with Crippen molar-refractivity contribution >= 4 is 17.5 Å². The van der Waals surface area contributed by atoms with E-state index < -0.39 is 52.6 Å². The van der Waals surface area contributed by atoms with Crippen LogP contribution in [0.2, 0.25) is 0 Å². The number of aromatic amines is 1. The predicted molar refractivity (Wildman–Crippen MR) is 93.7 cm³/mol. The summed E-state index contributed by atoms with van der Waals surface area (Å²) in [6, 6.07) is 0. The van der Waals surface area contributed by atoms with Crippen LogP contribution in [-0.4, -0.2) is 56.9 Å². The smallest absolute Gasteiger partial charge is 0.351 e. The summed E-state index contributed by atoms with van der Waals surface area (Å²) >= 11 is 0. The van der Waals surface area contributed by atoms with Crippen LogP contribution < -0.4 is 15.7 Å². The van der Waals surface area contributed by atoms with E-state index in [2.05, 4.69) is 4.98 Å². The van der Waals surface area contributed by atoms with Gasteiger partial charge in [-0.1, -0.05) is 13.3 Å². The van der Waals surface area contributed by atoms with Crippen LogP contribution in [0.25, 0.3) is 0 Å². The first-order valence-corrected chi connectivity index (χ1v) is 8.80. The third kappa shape index (κ3) is 3.10. The minimum absolute atomic E-state index is 0.0196. The van der Waals surface area contributed by atoms with E-state index >= 15 is 0 Å². The summed E-state index contributed by atoms with van der Waals surface area (Å²) in [4.78, 5) is 52.0. The summed E-state index contributed by atoms with van der Waals surface area (Å²) in [5.74, 6) is -1.10. The van der Waals surface area contributed by atoms with E-state index in [0.29, 0.717) is 12.8 Å². The number of imide groups is 1. The van der Waals surface area contributed by atoms with Crippen molar-refractivity contribution in [2.24, 2.45) is 0 Å². The van der Waals surface area contributed by atoms with Crippen LogP contribution in [0.3, 0.4) is 0 Å². The first-order valence-electron chi connectivity index (χ1n) is 8.80. The number of H-pyrrole nitrogens is 1. The molecule has 27 heavy (non-hydrogen) atoms. The maximum absolute atomic E-state index is 12.6. The van der Waals surface area contributed by atoms with Crippen molar-refractivity contribution in [2.75, 3.05) is 13.2 Å². The van der Waals surface area contributed by atoms with Gasteiger partial charge in [0.2, 0.25) is 5.69 Å². The quantitative estimate of drug-likeness (QED) is 0.421. The molecule has 2 aliphatic rings. The van der Waals surface area contributed by atoms with Gasteiger partial charge in [-0.25, -0.2) is 14.4 Å². The van der Waals surface area contributed by atoms with Crippen LogP contribution >= 0.6 is 0 Å². The lowest BCUT2D eigenvalue weighted by Gasteiger charge is -2.27. The minimum atomic E-state index is -0.984. The molecule has 3 heterocycles. The molecule has 3 rings (SSSR count). The summed E-state index contributed by atoms with van der Waals surface area (Å²) in [6.45, 7) is 1.55. The number of carbonyl (C=O) groups is 2. The average molecular weight is 380 g/mol. The van der Waals surface area contributed by atoms with Gasteiger partial charge in [-0.05, 0) is 6.42 Å². The molecule has 0 bridgehead atoms. The summed E-state index contributed by atoms with van der Waals surface area (Å²) in [6.07, 6.45) is 1.86. The fraction of sp³-hybridized carbons (Fsp3) is 0.529. The highest BCUT2D eigenvalue weighted by Gasteiger charge is 2.50. The molecule has 1 saturated heterocycles. The number of rotatable bonds is 6. The number of amides is 2. The van der Waals surface area contributed by atoms with Crippen molar-refractivity contribution in [3.05, 3.63) is 39.2 Å². The van der Waals surface area contributed by atoms with Crippen molar-refractivity contribution in [1.82, 2.24) is 14.0 Å². The van der Waals surface area contributed by atoms with Crippen LogP contribution in [0.4, 0.5) is 5.69 Å². The van der Waals surface area contributed by atoms with Gasteiger partial charge in [-0.3, -0.25) is 14.3 Å². The number of hydrogen-bond acceptors (Lipinski definition) is 7. The van der Waals surface area contributed by atoms with Crippen LogP contribution in [0.1, 0.15) is 32.4 Å². The normalized spacial score (nSPS) is 26.9. The van der Waals surface area contributed by atoms with Crippen LogP contribution in [0, 0.1) is 0 Å². The monoisotopic (exact) mass is 380 g/mol. The second-order valence-electron chi connectivity index (χ2n) is 6.69. The molecule has 1 aromatic rings. The van der Waals surface area contributed by atoms with Crippen molar-refractivity contribution in [2.45, 2.75) is 44.6 Å². The SMILES string of the molecule is CCCC[N+]1(c2cn([C@H]3C[C@H](O)[C@@H](CO)O3)c(=O)[nH]c2=O)C(=O)C=CC1=O. The number of nitrogens with zero attached hydrogens (tertiary/aromatic N) is 2. The molecule has 10 heteroatoms. The lowest BCUT2D eigenvalue weighted by atomic mass is 10.2. The van der Waals surface area contributed by atoms with E-state index in [9.17, 15) is 29.4 Å². The zero-order chi connectivity index (χ0) is 19.8.